The molecule has 1 atom stereocenters. The molecular weight excluding hydrogens is 448 g/mol. The molecule has 0 radical (unpaired) electrons. The first-order valence-electron chi connectivity index (χ1n) is 11.4. The second-order valence-electron chi connectivity index (χ2n) is 9.63. The number of anilines is 2. The van der Waals surface area contributed by atoms with Gasteiger partial charge in [-0.15, -0.1) is 0 Å². The van der Waals surface area contributed by atoms with Crippen LogP contribution < -0.4 is 11.1 Å². The lowest BCUT2D eigenvalue weighted by molar-refractivity contribution is -0.129. The van der Waals surface area contributed by atoms with Crippen LogP contribution in [0.25, 0.3) is 0 Å². The molecule has 1 amide bonds. The number of methoxy groups -OCH3 is 1. The van der Waals surface area contributed by atoms with Gasteiger partial charge in [0, 0.05) is 24.2 Å². The zero-order valence-corrected chi connectivity index (χ0v) is 21.2. The molecule has 8 nitrogen and oxygen atoms in total. The van der Waals surface area contributed by atoms with E-state index in [-0.39, 0.29) is 31.1 Å². The molecule has 0 saturated heterocycles. The summed E-state index contributed by atoms with van der Waals surface area (Å²) < 4.78 is 10.2. The molecule has 8 heteroatoms. The monoisotopic (exact) mass is 482 g/mol. The van der Waals surface area contributed by atoms with E-state index in [0.29, 0.717) is 33.6 Å². The van der Waals surface area contributed by atoms with Crippen molar-refractivity contribution >= 4 is 35.0 Å². The summed E-state index contributed by atoms with van der Waals surface area (Å²) in [5, 5.41) is 2.74. The van der Waals surface area contributed by atoms with E-state index in [9.17, 15) is 19.2 Å². The number of ether oxygens (including phenoxy) is 2. The molecule has 0 fully saturated rings. The number of nitrogens with one attached hydrogen (secondary N) is 1. The second-order valence-corrected chi connectivity index (χ2v) is 9.63. The highest BCUT2D eigenvalue weighted by molar-refractivity contribution is 5.96. The Balaban J connectivity index is 1.97. The molecule has 3 N–H and O–H groups in total. The van der Waals surface area contributed by atoms with E-state index in [2.05, 4.69) is 5.32 Å². The number of carbonyl (C=O) groups excluding carboxylic acids is 4. The van der Waals surface area contributed by atoms with Crippen LogP contribution in [0.15, 0.2) is 36.4 Å². The molecule has 188 valence electrons. The number of nitrogens with two attached hydrogens (primary N) is 1. The van der Waals surface area contributed by atoms with Crippen LogP contribution in [0, 0.1) is 25.2 Å². The fraction of sp³-hybridized carbons (Fsp3) is 0.407. The lowest BCUT2D eigenvalue weighted by Crippen LogP contribution is -2.34. The van der Waals surface area contributed by atoms with Gasteiger partial charge < -0.3 is 20.5 Å². The van der Waals surface area contributed by atoms with E-state index >= 15 is 0 Å². The number of hydrogen-bond acceptors (Lipinski definition) is 7. The molecule has 0 bridgehead atoms. The maximum absolute atomic E-state index is 13.0. The first-order valence-corrected chi connectivity index (χ1v) is 11.4. The maximum atomic E-state index is 13.0. The average molecular weight is 483 g/mol. The number of hydrogen-bond donors (Lipinski definition) is 2. The molecule has 0 heterocycles. The molecule has 0 spiro atoms. The number of Topliss-reactive ketones (excluding diaryl/α,β-unsaturated/α-hetero) is 1. The predicted molar refractivity (Wildman–Crippen MR) is 134 cm³/mol. The minimum absolute atomic E-state index is 0.00540. The van der Waals surface area contributed by atoms with Crippen LogP contribution in [-0.2, 0) is 19.1 Å². The highest BCUT2D eigenvalue weighted by Gasteiger charge is 2.32. The summed E-state index contributed by atoms with van der Waals surface area (Å²) in [7, 11) is 1.30. The van der Waals surface area contributed by atoms with Gasteiger partial charge in [0.25, 0.3) is 0 Å². The van der Waals surface area contributed by atoms with E-state index in [1.54, 1.807) is 50.2 Å². The minimum Gasteiger partial charge on any atom is -0.465 e. The summed E-state index contributed by atoms with van der Waals surface area (Å²) >= 11 is 0. The smallest absolute Gasteiger partial charge is 0.338 e. The van der Waals surface area contributed by atoms with Gasteiger partial charge in [-0.2, -0.15) is 0 Å². The predicted octanol–water partition coefficient (Wildman–Crippen LogP) is 4.48. The Morgan fingerprint density at radius 2 is 1.51 bits per heavy atom. The first-order chi connectivity index (χ1) is 16.3. The summed E-state index contributed by atoms with van der Waals surface area (Å²) in [6.07, 6.45) is -0.0142. The summed E-state index contributed by atoms with van der Waals surface area (Å²) in [4.78, 5) is 49.7. The lowest BCUT2D eigenvalue weighted by Gasteiger charge is -2.29. The van der Waals surface area contributed by atoms with Gasteiger partial charge in [-0.05, 0) is 66.8 Å². The van der Waals surface area contributed by atoms with Crippen LogP contribution in [0.4, 0.5) is 11.4 Å². The van der Waals surface area contributed by atoms with Crippen molar-refractivity contribution < 1.29 is 28.7 Å². The van der Waals surface area contributed by atoms with Crippen molar-refractivity contribution in [1.82, 2.24) is 0 Å². The fourth-order valence-electron chi connectivity index (χ4n) is 3.69. The van der Waals surface area contributed by atoms with E-state index < -0.39 is 23.3 Å². The van der Waals surface area contributed by atoms with Crippen LogP contribution in [0.2, 0.25) is 0 Å². The van der Waals surface area contributed by atoms with E-state index in [4.69, 9.17) is 15.2 Å². The maximum Gasteiger partial charge on any atom is 0.338 e. The average Bonchev–Trinajstić information content (AvgIpc) is 2.76. The Morgan fingerprint density at radius 3 is 2.09 bits per heavy atom. The number of benzene rings is 2. The van der Waals surface area contributed by atoms with E-state index in [1.165, 1.54) is 7.11 Å². The highest BCUT2D eigenvalue weighted by atomic mass is 16.5. The van der Waals surface area contributed by atoms with Gasteiger partial charge in [-0.25, -0.2) is 9.59 Å². The van der Waals surface area contributed by atoms with Crippen LogP contribution in [0.5, 0.6) is 0 Å². The molecule has 2 aromatic carbocycles. The van der Waals surface area contributed by atoms with Crippen molar-refractivity contribution in [2.24, 2.45) is 11.3 Å². The summed E-state index contributed by atoms with van der Waals surface area (Å²) in [5.41, 5.74) is 8.51. The number of esters is 2. The molecule has 0 aliphatic carbocycles. The third kappa shape index (κ3) is 7.67. The zero-order chi connectivity index (χ0) is 26.3. The molecule has 35 heavy (non-hydrogen) atoms. The standard InChI is InChI=1S/C27H34N2O6/c1-16-13-18(28)7-9-21(16)26(33)35-15-22(27(3,4)5)23(30)11-12-24(31)29-19-8-10-20(17(2)14-19)25(32)34-6/h7-10,13-14,22H,11-12,15,28H2,1-6H3,(H,29,31). The van der Waals surface area contributed by atoms with Crippen LogP contribution in [-0.4, -0.2) is 37.3 Å². The zero-order valence-electron chi connectivity index (χ0n) is 21.2. The Labute approximate surface area is 206 Å². The molecule has 0 aromatic heterocycles. The number of amides is 1. The van der Waals surface area contributed by atoms with Crippen LogP contribution in [0.1, 0.15) is 65.5 Å². The Kier molecular flexibility index (Phi) is 9.17. The fourth-order valence-corrected chi connectivity index (χ4v) is 3.69. The third-order valence-electron chi connectivity index (χ3n) is 5.80. The molecular formula is C27H34N2O6. The van der Waals surface area contributed by atoms with Crippen molar-refractivity contribution in [2.75, 3.05) is 24.8 Å². The molecule has 0 aliphatic heterocycles. The number of aryl methyl sites for hydroxylation is 2. The summed E-state index contributed by atoms with van der Waals surface area (Å²) in [6.45, 7) is 9.10. The molecule has 0 saturated carbocycles. The van der Waals surface area contributed by atoms with Crippen molar-refractivity contribution in [3.8, 4) is 0 Å². The van der Waals surface area contributed by atoms with Crippen molar-refractivity contribution in [1.29, 1.82) is 0 Å². The number of rotatable bonds is 9. The van der Waals surface area contributed by atoms with Crippen molar-refractivity contribution in [3.05, 3.63) is 58.7 Å². The third-order valence-corrected chi connectivity index (χ3v) is 5.80. The topological polar surface area (TPSA) is 125 Å². The van der Waals surface area contributed by atoms with Crippen molar-refractivity contribution in [2.45, 2.75) is 47.5 Å². The molecule has 0 aliphatic rings. The summed E-state index contributed by atoms with van der Waals surface area (Å²) in [5.74, 6) is -2.04. The van der Waals surface area contributed by atoms with Gasteiger partial charge in [0.05, 0.1) is 24.2 Å². The van der Waals surface area contributed by atoms with Crippen LogP contribution in [0.3, 0.4) is 0 Å². The largest absolute Gasteiger partial charge is 0.465 e. The van der Waals surface area contributed by atoms with E-state index in [1.807, 2.05) is 20.8 Å². The van der Waals surface area contributed by atoms with Gasteiger partial charge in [0.1, 0.15) is 12.4 Å². The number of ketones is 1. The van der Waals surface area contributed by atoms with Crippen LogP contribution >= 0.6 is 0 Å². The summed E-state index contributed by atoms with van der Waals surface area (Å²) in [6, 6.07) is 9.77. The van der Waals surface area contributed by atoms with E-state index in [0.717, 1.165) is 0 Å². The molecule has 1 unspecified atom stereocenters. The highest BCUT2D eigenvalue weighted by Crippen LogP contribution is 2.29. The molecule has 2 aromatic rings. The second kappa shape index (κ2) is 11.6. The van der Waals surface area contributed by atoms with Gasteiger partial charge in [0.2, 0.25) is 5.91 Å². The van der Waals surface area contributed by atoms with Crippen molar-refractivity contribution in [3.63, 3.8) is 0 Å². The first kappa shape index (κ1) is 27.6. The Bertz CT molecular complexity index is 1120. The molecule has 2 rings (SSSR count). The number of nitrogen functional groups attached to an aromatic ring is 1. The van der Waals surface area contributed by atoms with Gasteiger partial charge in [-0.3, -0.25) is 9.59 Å². The normalized spacial score (nSPS) is 11.9. The van der Waals surface area contributed by atoms with Gasteiger partial charge in [-0.1, -0.05) is 20.8 Å². The van der Waals surface area contributed by atoms with Gasteiger partial charge in [0.15, 0.2) is 0 Å². The Hall–Kier alpha value is -3.68. The Morgan fingerprint density at radius 1 is 0.914 bits per heavy atom. The number of carbonyl (C=O) groups is 4. The quantitative estimate of drug-likeness (QED) is 0.399. The SMILES string of the molecule is COC(=O)c1ccc(NC(=O)CCC(=O)C(COC(=O)c2ccc(N)cc2C)C(C)(C)C)cc1C. The minimum atomic E-state index is -0.574. The lowest BCUT2D eigenvalue weighted by atomic mass is 9.77. The van der Waals surface area contributed by atoms with Gasteiger partial charge >= 0.3 is 11.9 Å².